The molecule has 0 aliphatic heterocycles. The average molecular weight is 299 g/mol. The van der Waals surface area contributed by atoms with Crippen LogP contribution in [0.2, 0.25) is 0 Å². The molecule has 0 aliphatic rings. The van der Waals surface area contributed by atoms with Gasteiger partial charge in [0.1, 0.15) is 5.58 Å². The second-order valence-corrected chi connectivity index (χ2v) is 4.35. The number of nitrogens with zero attached hydrogens (tertiary/aromatic N) is 2. The number of non-ortho nitro benzene ring substituents is 1. The van der Waals surface area contributed by atoms with Crippen molar-refractivity contribution in [2.24, 2.45) is 5.10 Å². The predicted molar refractivity (Wildman–Crippen MR) is 76.6 cm³/mol. The second kappa shape index (κ2) is 5.52. The molecular formula is C14H9N3O5. The Bertz CT molecular complexity index is 864. The third-order valence-electron chi connectivity index (χ3n) is 2.86. The molecule has 0 unspecified atom stereocenters. The molecular weight excluding hydrogens is 290 g/mol. The van der Waals surface area contributed by atoms with Crippen LogP contribution in [0.25, 0.3) is 11.0 Å². The summed E-state index contributed by atoms with van der Waals surface area (Å²) in [6.45, 7) is 0. The maximum atomic E-state index is 11.9. The number of nitrogens with one attached hydrogen (secondary N) is 1. The SMILES string of the molecule is O=C(N/N=C\c1ccoc1)c1cc2cc([N+](=O)[O-])ccc2o1. The molecule has 0 bridgehead atoms. The minimum absolute atomic E-state index is 0.0137. The lowest BCUT2D eigenvalue weighted by Gasteiger charge is -1.93. The summed E-state index contributed by atoms with van der Waals surface area (Å²) >= 11 is 0. The number of amides is 1. The van der Waals surface area contributed by atoms with Gasteiger partial charge in [-0.15, -0.1) is 0 Å². The van der Waals surface area contributed by atoms with Gasteiger partial charge >= 0.3 is 5.91 Å². The standard InChI is InChI=1S/C14H9N3O5/c18-14(16-15-7-9-3-4-21-8-9)13-6-10-5-11(17(19)20)1-2-12(10)22-13/h1-8H,(H,16,18)/b15-7-. The Labute approximate surface area is 123 Å². The fraction of sp³-hybridized carbons (Fsp3) is 0. The van der Waals surface area contributed by atoms with E-state index in [9.17, 15) is 14.9 Å². The number of nitro groups is 1. The van der Waals surface area contributed by atoms with Gasteiger partial charge in [0.25, 0.3) is 5.69 Å². The summed E-state index contributed by atoms with van der Waals surface area (Å²) in [5.41, 5.74) is 3.30. The topological polar surface area (TPSA) is 111 Å². The van der Waals surface area contributed by atoms with Crippen molar-refractivity contribution in [2.45, 2.75) is 0 Å². The van der Waals surface area contributed by atoms with Crippen molar-refractivity contribution in [3.63, 3.8) is 0 Å². The van der Waals surface area contributed by atoms with Gasteiger partial charge in [-0.25, -0.2) is 5.43 Å². The predicted octanol–water partition coefficient (Wildman–Crippen LogP) is 2.70. The molecule has 1 N–H and O–H groups in total. The van der Waals surface area contributed by atoms with Crippen LogP contribution in [0, 0.1) is 10.1 Å². The first-order valence-corrected chi connectivity index (χ1v) is 6.17. The van der Waals surface area contributed by atoms with Crippen LogP contribution >= 0.6 is 0 Å². The highest BCUT2D eigenvalue weighted by Crippen LogP contribution is 2.24. The van der Waals surface area contributed by atoms with Crippen LogP contribution in [0.5, 0.6) is 0 Å². The third kappa shape index (κ3) is 2.70. The zero-order chi connectivity index (χ0) is 15.5. The lowest BCUT2D eigenvalue weighted by atomic mass is 10.2. The summed E-state index contributed by atoms with van der Waals surface area (Å²) in [4.78, 5) is 22.1. The van der Waals surface area contributed by atoms with Gasteiger partial charge in [0.2, 0.25) is 0 Å². The zero-order valence-corrected chi connectivity index (χ0v) is 11.1. The molecule has 0 radical (unpaired) electrons. The quantitative estimate of drug-likeness (QED) is 0.452. The smallest absolute Gasteiger partial charge is 0.307 e. The van der Waals surface area contributed by atoms with Crippen molar-refractivity contribution >= 4 is 28.8 Å². The molecule has 0 aliphatic carbocycles. The number of furan rings is 2. The monoisotopic (exact) mass is 299 g/mol. The zero-order valence-electron chi connectivity index (χ0n) is 11.1. The first-order chi connectivity index (χ1) is 10.6. The van der Waals surface area contributed by atoms with Crippen LogP contribution in [0.4, 0.5) is 5.69 Å². The van der Waals surface area contributed by atoms with E-state index in [2.05, 4.69) is 10.5 Å². The molecule has 3 rings (SSSR count). The number of hydrogen-bond donors (Lipinski definition) is 1. The summed E-state index contributed by atoms with van der Waals surface area (Å²) < 4.78 is 10.2. The van der Waals surface area contributed by atoms with E-state index >= 15 is 0 Å². The molecule has 2 heterocycles. The second-order valence-electron chi connectivity index (χ2n) is 4.35. The number of fused-ring (bicyclic) bond motifs is 1. The molecule has 0 fully saturated rings. The average Bonchev–Trinajstić information content (AvgIpc) is 3.15. The van der Waals surface area contributed by atoms with Crippen LogP contribution in [0.15, 0.2) is 56.8 Å². The highest BCUT2D eigenvalue weighted by Gasteiger charge is 2.14. The first-order valence-electron chi connectivity index (χ1n) is 6.17. The minimum Gasteiger partial charge on any atom is -0.472 e. The lowest BCUT2D eigenvalue weighted by Crippen LogP contribution is -2.16. The Balaban J connectivity index is 1.77. The maximum absolute atomic E-state index is 11.9. The van der Waals surface area contributed by atoms with Crippen molar-refractivity contribution in [3.05, 3.63) is 64.3 Å². The molecule has 0 saturated heterocycles. The Morgan fingerprint density at radius 1 is 1.32 bits per heavy atom. The van der Waals surface area contributed by atoms with E-state index in [1.165, 1.54) is 43.0 Å². The van der Waals surface area contributed by atoms with Crippen LogP contribution in [-0.2, 0) is 0 Å². The Kier molecular flexibility index (Phi) is 3.40. The van der Waals surface area contributed by atoms with Crippen molar-refractivity contribution in [3.8, 4) is 0 Å². The van der Waals surface area contributed by atoms with Crippen LogP contribution < -0.4 is 5.43 Å². The van der Waals surface area contributed by atoms with Gasteiger partial charge in [-0.3, -0.25) is 14.9 Å². The fourth-order valence-corrected chi connectivity index (χ4v) is 1.83. The van der Waals surface area contributed by atoms with Crippen LogP contribution in [0.3, 0.4) is 0 Å². The third-order valence-corrected chi connectivity index (χ3v) is 2.86. The van der Waals surface area contributed by atoms with Crippen molar-refractivity contribution in [1.82, 2.24) is 5.43 Å². The molecule has 0 atom stereocenters. The molecule has 8 heteroatoms. The molecule has 3 aromatic rings. The highest BCUT2D eigenvalue weighted by atomic mass is 16.6. The minimum atomic E-state index is -0.557. The van der Waals surface area contributed by atoms with E-state index < -0.39 is 10.8 Å². The summed E-state index contributed by atoms with van der Waals surface area (Å²) in [7, 11) is 0. The number of carbonyl (C=O) groups is 1. The molecule has 1 aromatic carbocycles. The van der Waals surface area contributed by atoms with E-state index in [1.54, 1.807) is 6.07 Å². The lowest BCUT2D eigenvalue weighted by molar-refractivity contribution is -0.384. The van der Waals surface area contributed by atoms with E-state index in [4.69, 9.17) is 8.83 Å². The van der Waals surface area contributed by atoms with Gasteiger partial charge in [-0.2, -0.15) is 5.10 Å². The summed E-state index contributed by atoms with van der Waals surface area (Å²) in [6.07, 6.45) is 4.36. The van der Waals surface area contributed by atoms with E-state index in [1.807, 2.05) is 0 Å². The number of carbonyl (C=O) groups excluding carboxylic acids is 1. The van der Waals surface area contributed by atoms with Gasteiger partial charge in [0, 0.05) is 23.1 Å². The summed E-state index contributed by atoms with van der Waals surface area (Å²) in [5, 5.41) is 14.9. The fourth-order valence-electron chi connectivity index (χ4n) is 1.83. The highest BCUT2D eigenvalue weighted by molar-refractivity contribution is 5.96. The first kappa shape index (κ1) is 13.6. The normalized spacial score (nSPS) is 11.1. The van der Waals surface area contributed by atoms with Crippen molar-refractivity contribution in [2.75, 3.05) is 0 Å². The van der Waals surface area contributed by atoms with Crippen molar-refractivity contribution in [1.29, 1.82) is 0 Å². The van der Waals surface area contributed by atoms with Gasteiger partial charge in [0.05, 0.1) is 23.7 Å². The molecule has 2 aromatic heterocycles. The van der Waals surface area contributed by atoms with E-state index in [0.29, 0.717) is 16.5 Å². The summed E-state index contributed by atoms with van der Waals surface area (Å²) in [6, 6.07) is 7.19. The molecule has 0 spiro atoms. The van der Waals surface area contributed by atoms with Crippen LogP contribution in [-0.4, -0.2) is 17.0 Å². The number of rotatable bonds is 4. The molecule has 1 amide bonds. The Morgan fingerprint density at radius 3 is 2.91 bits per heavy atom. The van der Waals surface area contributed by atoms with E-state index in [-0.39, 0.29) is 11.4 Å². The van der Waals surface area contributed by atoms with Gasteiger partial charge in [-0.1, -0.05) is 0 Å². The number of hydrazone groups is 1. The van der Waals surface area contributed by atoms with E-state index in [0.717, 1.165) is 0 Å². The molecule has 0 saturated carbocycles. The maximum Gasteiger partial charge on any atom is 0.307 e. The molecule has 110 valence electrons. The van der Waals surface area contributed by atoms with Gasteiger partial charge in [0.15, 0.2) is 5.76 Å². The largest absolute Gasteiger partial charge is 0.472 e. The molecule has 22 heavy (non-hydrogen) atoms. The Hall–Kier alpha value is -3.42. The van der Waals surface area contributed by atoms with Crippen molar-refractivity contribution < 1.29 is 18.6 Å². The van der Waals surface area contributed by atoms with Gasteiger partial charge < -0.3 is 8.83 Å². The molecule has 8 nitrogen and oxygen atoms in total. The number of nitro benzene ring substituents is 1. The number of benzene rings is 1. The van der Waals surface area contributed by atoms with Crippen LogP contribution in [0.1, 0.15) is 16.1 Å². The summed E-state index contributed by atoms with van der Waals surface area (Å²) in [5.74, 6) is -0.543. The van der Waals surface area contributed by atoms with Gasteiger partial charge in [-0.05, 0) is 18.2 Å². The number of hydrogen-bond acceptors (Lipinski definition) is 6. The Morgan fingerprint density at radius 2 is 2.18 bits per heavy atom.